The molecule has 0 amide bonds. The number of rotatable bonds is 4. The van der Waals surface area contributed by atoms with Crippen molar-refractivity contribution in [3.8, 4) is 0 Å². The van der Waals surface area contributed by atoms with E-state index in [0.29, 0.717) is 0 Å². The minimum absolute atomic E-state index is 0.0201. The van der Waals surface area contributed by atoms with Crippen LogP contribution < -0.4 is 0 Å². The van der Waals surface area contributed by atoms with Crippen LogP contribution in [0.5, 0.6) is 0 Å². The Balaban J connectivity index is 4.25. The Kier molecular flexibility index (Phi) is 4.82. The lowest BCUT2D eigenvalue weighted by Crippen LogP contribution is -2.27. The van der Waals surface area contributed by atoms with Crippen LogP contribution >= 0.6 is 8.03 Å². The normalized spacial score (nSPS) is 17.4. The standard InChI is InChI=1S/C5H10F3O3P/c1-3-11-12(9)4(10-2)5(6,7)8/h4,12H,3H2,1-2H3. The molecule has 0 N–H and O–H groups in total. The molecule has 0 rings (SSSR count). The van der Waals surface area contributed by atoms with Gasteiger partial charge in [0.15, 0.2) is 0 Å². The van der Waals surface area contributed by atoms with Crippen LogP contribution in [0.1, 0.15) is 6.92 Å². The van der Waals surface area contributed by atoms with Gasteiger partial charge in [-0.25, -0.2) is 0 Å². The van der Waals surface area contributed by atoms with E-state index in [1.807, 2.05) is 0 Å². The number of methoxy groups -OCH3 is 1. The van der Waals surface area contributed by atoms with Crippen molar-refractivity contribution in [2.45, 2.75) is 18.9 Å². The van der Waals surface area contributed by atoms with Crippen LogP contribution in [0.15, 0.2) is 0 Å². The van der Waals surface area contributed by atoms with Gasteiger partial charge in [-0.2, -0.15) is 13.2 Å². The second kappa shape index (κ2) is 4.84. The van der Waals surface area contributed by atoms with Gasteiger partial charge < -0.3 is 9.26 Å². The molecule has 2 unspecified atom stereocenters. The summed E-state index contributed by atoms with van der Waals surface area (Å²) in [7, 11) is -2.34. The topological polar surface area (TPSA) is 35.5 Å². The summed E-state index contributed by atoms with van der Waals surface area (Å²) in [6.45, 7) is 1.44. The van der Waals surface area contributed by atoms with Crippen molar-refractivity contribution in [1.29, 1.82) is 0 Å². The van der Waals surface area contributed by atoms with E-state index in [4.69, 9.17) is 0 Å². The first-order chi connectivity index (χ1) is 5.43. The maximum absolute atomic E-state index is 11.9. The van der Waals surface area contributed by atoms with Gasteiger partial charge in [0.1, 0.15) is 0 Å². The van der Waals surface area contributed by atoms with Gasteiger partial charge in [-0.3, -0.25) is 4.57 Å². The third kappa shape index (κ3) is 3.56. The van der Waals surface area contributed by atoms with Gasteiger partial charge in [-0.15, -0.1) is 0 Å². The van der Waals surface area contributed by atoms with Crippen LogP contribution in [0, 0.1) is 0 Å². The average Bonchev–Trinajstić information content (AvgIpc) is 1.85. The number of ether oxygens (including phenoxy) is 1. The number of alkyl halides is 3. The van der Waals surface area contributed by atoms with Crippen molar-refractivity contribution in [3.05, 3.63) is 0 Å². The molecular weight excluding hydrogens is 196 g/mol. The highest BCUT2D eigenvalue weighted by molar-refractivity contribution is 7.39. The Hall–Kier alpha value is -0.0600. The van der Waals surface area contributed by atoms with Crippen molar-refractivity contribution < 1.29 is 27.0 Å². The lowest BCUT2D eigenvalue weighted by Gasteiger charge is -2.17. The molecule has 0 aliphatic heterocycles. The first-order valence-corrected chi connectivity index (χ1v) is 4.59. The molecular formula is C5H10F3O3P. The maximum Gasteiger partial charge on any atom is 0.423 e. The van der Waals surface area contributed by atoms with Gasteiger partial charge in [0.05, 0.1) is 6.61 Å². The van der Waals surface area contributed by atoms with Crippen LogP contribution in [-0.4, -0.2) is 25.7 Å². The molecule has 12 heavy (non-hydrogen) atoms. The minimum Gasteiger partial charge on any atom is -0.363 e. The predicted molar refractivity (Wildman–Crippen MR) is 37.5 cm³/mol. The van der Waals surface area contributed by atoms with E-state index < -0.39 is 20.0 Å². The third-order valence-electron chi connectivity index (χ3n) is 1.03. The predicted octanol–water partition coefficient (Wildman–Crippen LogP) is 2.03. The molecule has 0 aromatic carbocycles. The van der Waals surface area contributed by atoms with E-state index >= 15 is 0 Å². The summed E-state index contributed by atoms with van der Waals surface area (Å²) in [6, 6.07) is 0. The molecule has 0 aromatic heterocycles. The highest BCUT2D eigenvalue weighted by Crippen LogP contribution is 2.40. The van der Waals surface area contributed by atoms with E-state index in [9.17, 15) is 17.7 Å². The Morgan fingerprint density at radius 1 is 1.50 bits per heavy atom. The Labute approximate surface area is 68.7 Å². The van der Waals surface area contributed by atoms with Gasteiger partial charge in [0.2, 0.25) is 13.9 Å². The van der Waals surface area contributed by atoms with Gasteiger partial charge >= 0.3 is 6.18 Å². The molecule has 3 nitrogen and oxygen atoms in total. The van der Waals surface area contributed by atoms with E-state index in [1.54, 1.807) is 0 Å². The summed E-state index contributed by atoms with van der Waals surface area (Å²) in [5, 5.41) is 0. The van der Waals surface area contributed by atoms with E-state index in [1.165, 1.54) is 6.92 Å². The molecule has 7 heteroatoms. The van der Waals surface area contributed by atoms with Crippen LogP contribution in [0.3, 0.4) is 0 Å². The first kappa shape index (κ1) is 11.9. The van der Waals surface area contributed by atoms with Crippen LogP contribution in [0.4, 0.5) is 13.2 Å². The van der Waals surface area contributed by atoms with Crippen LogP contribution in [-0.2, 0) is 13.8 Å². The fourth-order valence-electron chi connectivity index (χ4n) is 0.581. The summed E-state index contributed by atoms with van der Waals surface area (Å²) in [4.78, 5) is 0. The molecule has 0 spiro atoms. The molecule has 0 aliphatic carbocycles. The molecule has 0 fully saturated rings. The largest absolute Gasteiger partial charge is 0.423 e. The highest BCUT2D eigenvalue weighted by atomic mass is 31.1. The second-order valence-corrected chi connectivity index (χ2v) is 3.36. The van der Waals surface area contributed by atoms with Crippen molar-refractivity contribution in [3.63, 3.8) is 0 Å². The Morgan fingerprint density at radius 2 is 2.00 bits per heavy atom. The lowest BCUT2D eigenvalue weighted by atomic mass is 10.7. The minimum atomic E-state index is -4.63. The number of hydrogen-bond acceptors (Lipinski definition) is 3. The average molecular weight is 206 g/mol. The van der Waals surface area contributed by atoms with Crippen molar-refractivity contribution in [1.82, 2.24) is 0 Å². The first-order valence-electron chi connectivity index (χ1n) is 3.19. The Bertz CT molecular complexity index is 159. The molecule has 0 heterocycles. The molecule has 2 atom stereocenters. The monoisotopic (exact) mass is 206 g/mol. The zero-order chi connectivity index (χ0) is 9.78. The van der Waals surface area contributed by atoms with Gasteiger partial charge in [0.25, 0.3) is 0 Å². The number of hydrogen-bond donors (Lipinski definition) is 0. The zero-order valence-electron chi connectivity index (χ0n) is 6.64. The fraction of sp³-hybridized carbons (Fsp3) is 1.00. The fourth-order valence-corrected chi connectivity index (χ4v) is 1.48. The van der Waals surface area contributed by atoms with E-state index in [2.05, 4.69) is 9.26 Å². The summed E-state index contributed by atoms with van der Waals surface area (Å²) >= 11 is 0. The van der Waals surface area contributed by atoms with E-state index in [-0.39, 0.29) is 6.61 Å². The van der Waals surface area contributed by atoms with Crippen LogP contribution in [0.25, 0.3) is 0 Å². The van der Waals surface area contributed by atoms with Crippen molar-refractivity contribution in [2.75, 3.05) is 13.7 Å². The lowest BCUT2D eigenvalue weighted by molar-refractivity contribution is -0.186. The summed E-state index contributed by atoms with van der Waals surface area (Å²) in [5.41, 5.74) is 0. The van der Waals surface area contributed by atoms with Crippen molar-refractivity contribution >= 4 is 8.03 Å². The summed E-state index contributed by atoms with van der Waals surface area (Å²) in [5.74, 6) is -2.29. The summed E-state index contributed by atoms with van der Waals surface area (Å²) < 4.78 is 54.8. The Morgan fingerprint density at radius 3 is 2.25 bits per heavy atom. The second-order valence-electron chi connectivity index (χ2n) is 1.91. The highest BCUT2D eigenvalue weighted by Gasteiger charge is 2.44. The molecule has 0 bridgehead atoms. The van der Waals surface area contributed by atoms with Gasteiger partial charge in [-0.1, -0.05) is 0 Å². The summed E-state index contributed by atoms with van der Waals surface area (Å²) in [6.07, 6.45) is -4.63. The molecule has 0 aliphatic rings. The van der Waals surface area contributed by atoms with Gasteiger partial charge in [0, 0.05) is 7.11 Å². The SMILES string of the molecule is CCO[PH](=O)C(OC)C(F)(F)F. The molecule has 0 radical (unpaired) electrons. The van der Waals surface area contributed by atoms with Gasteiger partial charge in [-0.05, 0) is 6.92 Å². The number of halogens is 3. The van der Waals surface area contributed by atoms with Crippen LogP contribution in [0.2, 0.25) is 0 Å². The van der Waals surface area contributed by atoms with Crippen molar-refractivity contribution in [2.24, 2.45) is 0 Å². The molecule has 74 valence electrons. The molecule has 0 saturated carbocycles. The van der Waals surface area contributed by atoms with E-state index in [0.717, 1.165) is 7.11 Å². The quantitative estimate of drug-likeness (QED) is 0.660. The smallest absolute Gasteiger partial charge is 0.363 e. The molecule has 0 aromatic rings. The maximum atomic E-state index is 11.9. The molecule has 0 saturated heterocycles. The third-order valence-corrected chi connectivity index (χ3v) is 2.60. The zero-order valence-corrected chi connectivity index (χ0v) is 7.64.